The molecule has 5 aromatic rings. The Bertz CT molecular complexity index is 1950. The van der Waals surface area contributed by atoms with Crippen LogP contribution in [0.5, 0.6) is 0 Å². The Hall–Kier alpha value is -3.79. The van der Waals surface area contributed by atoms with Crippen LogP contribution in [0.2, 0.25) is 5.82 Å². The maximum absolute atomic E-state index is 13.1. The van der Waals surface area contributed by atoms with Crippen molar-refractivity contribution in [2.75, 3.05) is 11.5 Å². The molecule has 13 heteroatoms. The SMILES string of the molecule is CC1(C)OB(C2C=CC(F)=C2)OC1(C)C.Cc1oncc1-c1ccc(-c2ccc(F)s2)c(N)c1.Cc1oncc1-c1ccc(I)c(N)c1. The van der Waals surface area contributed by atoms with Crippen molar-refractivity contribution in [2.45, 2.75) is 58.6 Å². The van der Waals surface area contributed by atoms with Crippen LogP contribution in [-0.2, 0) is 9.31 Å². The largest absolute Gasteiger partial charge is 0.469 e. The average molecular weight is 784 g/mol. The number of anilines is 2. The summed E-state index contributed by atoms with van der Waals surface area (Å²) in [7, 11) is -0.375. The first-order chi connectivity index (χ1) is 22.6. The second-order valence-electron chi connectivity index (χ2n) is 12.3. The molecule has 1 unspecified atom stereocenters. The van der Waals surface area contributed by atoms with E-state index >= 15 is 0 Å². The molecule has 4 N–H and O–H groups in total. The van der Waals surface area contributed by atoms with Crippen molar-refractivity contribution in [3.63, 3.8) is 0 Å². The summed E-state index contributed by atoms with van der Waals surface area (Å²) in [6, 6.07) is 14.8. The molecule has 1 saturated heterocycles. The minimum atomic E-state index is -0.375. The summed E-state index contributed by atoms with van der Waals surface area (Å²) < 4.78 is 48.6. The summed E-state index contributed by atoms with van der Waals surface area (Å²) in [4.78, 5) is 0.823. The third-order valence-corrected chi connectivity index (χ3v) is 10.3. The van der Waals surface area contributed by atoms with Gasteiger partial charge in [0.25, 0.3) is 0 Å². The molecule has 1 aliphatic heterocycles. The minimum Gasteiger partial charge on any atom is -0.403 e. The lowest BCUT2D eigenvalue weighted by molar-refractivity contribution is 0.00578. The van der Waals surface area contributed by atoms with Crippen molar-refractivity contribution in [3.05, 3.63) is 105 Å². The van der Waals surface area contributed by atoms with Crippen LogP contribution in [0.4, 0.5) is 20.2 Å². The number of aromatic nitrogens is 2. The van der Waals surface area contributed by atoms with Crippen LogP contribution in [0.25, 0.3) is 32.7 Å². The van der Waals surface area contributed by atoms with Crippen LogP contribution in [0.3, 0.4) is 0 Å². The van der Waals surface area contributed by atoms with Crippen molar-refractivity contribution in [3.8, 4) is 32.7 Å². The fourth-order valence-electron chi connectivity index (χ4n) is 4.99. The third-order valence-electron chi connectivity index (χ3n) is 8.42. The van der Waals surface area contributed by atoms with Gasteiger partial charge >= 0.3 is 7.12 Å². The van der Waals surface area contributed by atoms with Crippen LogP contribution in [0.1, 0.15) is 39.2 Å². The predicted molar refractivity (Wildman–Crippen MR) is 196 cm³/mol. The molecule has 0 saturated carbocycles. The molecular formula is C35H36BF2IN4O4S. The van der Waals surface area contributed by atoms with E-state index in [9.17, 15) is 8.78 Å². The Labute approximate surface area is 296 Å². The monoisotopic (exact) mass is 784 g/mol. The van der Waals surface area contributed by atoms with Gasteiger partial charge in [-0.3, -0.25) is 0 Å². The number of thiophene rings is 1. The lowest BCUT2D eigenvalue weighted by Crippen LogP contribution is -2.41. The van der Waals surface area contributed by atoms with Gasteiger partial charge in [0, 0.05) is 42.3 Å². The maximum Gasteiger partial charge on any atom is 0.469 e. The first-order valence-electron chi connectivity index (χ1n) is 15.1. The second-order valence-corrected chi connectivity index (χ2v) is 14.5. The molecule has 0 bridgehead atoms. The molecule has 7 rings (SSSR count). The van der Waals surface area contributed by atoms with Crippen molar-refractivity contribution < 1.29 is 27.1 Å². The van der Waals surface area contributed by atoms with Crippen molar-refractivity contribution >= 4 is 52.4 Å². The highest BCUT2D eigenvalue weighted by atomic mass is 127. The van der Waals surface area contributed by atoms with E-state index < -0.39 is 0 Å². The molecule has 0 spiro atoms. The number of benzene rings is 2. The summed E-state index contributed by atoms with van der Waals surface area (Å²) in [6.45, 7) is 11.7. The smallest absolute Gasteiger partial charge is 0.403 e. The Morgan fingerprint density at radius 3 is 1.79 bits per heavy atom. The van der Waals surface area contributed by atoms with Gasteiger partial charge in [0.1, 0.15) is 17.3 Å². The van der Waals surface area contributed by atoms with Crippen LogP contribution >= 0.6 is 33.9 Å². The zero-order chi connectivity index (χ0) is 34.8. The molecule has 1 atom stereocenters. The highest BCUT2D eigenvalue weighted by Crippen LogP contribution is 2.42. The molecule has 1 aliphatic carbocycles. The van der Waals surface area contributed by atoms with Crippen LogP contribution in [0, 0.1) is 22.5 Å². The van der Waals surface area contributed by atoms with E-state index in [0.29, 0.717) is 5.69 Å². The van der Waals surface area contributed by atoms with Crippen LogP contribution < -0.4 is 11.5 Å². The number of rotatable bonds is 4. The number of nitrogens with two attached hydrogens (primary N) is 2. The molecule has 0 amide bonds. The Morgan fingerprint density at radius 1 is 0.792 bits per heavy atom. The molecule has 2 aromatic carbocycles. The normalized spacial score (nSPS) is 17.4. The third kappa shape index (κ3) is 7.91. The fraction of sp³-hybridized carbons (Fsp3) is 0.257. The second kappa shape index (κ2) is 14.4. The van der Waals surface area contributed by atoms with E-state index in [2.05, 4.69) is 32.9 Å². The highest BCUT2D eigenvalue weighted by Gasteiger charge is 2.53. The van der Waals surface area contributed by atoms with E-state index in [1.807, 2.05) is 77.9 Å². The topological polar surface area (TPSA) is 123 Å². The van der Waals surface area contributed by atoms with Gasteiger partial charge in [0.2, 0.25) is 0 Å². The van der Waals surface area contributed by atoms with Crippen molar-refractivity contribution in [2.24, 2.45) is 0 Å². The van der Waals surface area contributed by atoms with Gasteiger partial charge in [-0.1, -0.05) is 34.6 Å². The number of aryl methyl sites for hydroxylation is 2. The van der Waals surface area contributed by atoms with E-state index in [0.717, 1.165) is 64.8 Å². The Kier molecular flexibility index (Phi) is 10.6. The average Bonchev–Trinajstić information content (AvgIpc) is 3.86. The number of hydrogen-bond acceptors (Lipinski definition) is 9. The maximum atomic E-state index is 13.1. The van der Waals surface area contributed by atoms with E-state index in [4.69, 9.17) is 29.8 Å². The predicted octanol–water partition coefficient (Wildman–Crippen LogP) is 9.81. The highest BCUT2D eigenvalue weighted by molar-refractivity contribution is 14.1. The summed E-state index contributed by atoms with van der Waals surface area (Å²) in [5.74, 6) is 1.24. The number of hydrogen-bond donors (Lipinski definition) is 2. The number of halogens is 3. The first-order valence-corrected chi connectivity index (χ1v) is 17.0. The summed E-state index contributed by atoms with van der Waals surface area (Å²) in [5, 5.41) is 7.27. The Morgan fingerprint density at radius 2 is 1.35 bits per heavy atom. The van der Waals surface area contributed by atoms with E-state index in [1.165, 1.54) is 18.2 Å². The number of allylic oxidation sites excluding steroid dienone is 4. The molecule has 3 aromatic heterocycles. The van der Waals surface area contributed by atoms with Crippen LogP contribution in [0.15, 0.2) is 94.0 Å². The summed E-state index contributed by atoms with van der Waals surface area (Å²) >= 11 is 3.29. The Balaban J connectivity index is 0.000000143. The number of nitrogen functional groups attached to an aromatic ring is 2. The lowest BCUT2D eigenvalue weighted by atomic mass is 9.73. The van der Waals surface area contributed by atoms with Crippen LogP contribution in [-0.4, -0.2) is 28.6 Å². The van der Waals surface area contributed by atoms with E-state index in [-0.39, 0.29) is 35.1 Å². The van der Waals surface area contributed by atoms with Gasteiger partial charge in [-0.05, 0) is 118 Å². The minimum absolute atomic E-state index is 0.106. The van der Waals surface area contributed by atoms with Gasteiger partial charge in [-0.25, -0.2) is 4.39 Å². The molecule has 2 aliphatic rings. The fourth-order valence-corrected chi connectivity index (χ4v) is 6.10. The quantitative estimate of drug-likeness (QED) is 0.105. The molecule has 0 radical (unpaired) electrons. The molecule has 48 heavy (non-hydrogen) atoms. The van der Waals surface area contributed by atoms with Gasteiger partial charge < -0.3 is 29.8 Å². The first kappa shape index (κ1) is 35.5. The van der Waals surface area contributed by atoms with Gasteiger partial charge in [0.15, 0.2) is 5.13 Å². The lowest BCUT2D eigenvalue weighted by Gasteiger charge is -2.32. The van der Waals surface area contributed by atoms with Crippen molar-refractivity contribution in [1.82, 2.24) is 10.3 Å². The molecular weight excluding hydrogens is 748 g/mol. The van der Waals surface area contributed by atoms with E-state index in [1.54, 1.807) is 24.5 Å². The van der Waals surface area contributed by atoms with Gasteiger partial charge in [-0.15, -0.1) is 11.3 Å². The molecule has 250 valence electrons. The zero-order valence-electron chi connectivity index (χ0n) is 27.4. The van der Waals surface area contributed by atoms with Crippen molar-refractivity contribution in [1.29, 1.82) is 0 Å². The van der Waals surface area contributed by atoms with Gasteiger partial charge in [0.05, 0.1) is 23.6 Å². The summed E-state index contributed by atoms with van der Waals surface area (Å²) in [6.07, 6.45) is 8.13. The summed E-state index contributed by atoms with van der Waals surface area (Å²) in [5.41, 5.74) is 17.3. The molecule has 8 nitrogen and oxygen atoms in total. The molecule has 4 heterocycles. The number of nitrogens with zero attached hydrogens (tertiary/aromatic N) is 2. The zero-order valence-corrected chi connectivity index (χ0v) is 30.4. The molecule has 1 fully saturated rings. The van der Waals surface area contributed by atoms with Gasteiger partial charge in [-0.2, -0.15) is 4.39 Å². The standard InChI is InChI=1S/C14H11FN2OS.C11H16BFO2.C10H9IN2O/c1-8-11(7-17-18-8)9-2-3-10(12(16)6-9)13-4-5-14(15)19-13;1-10(2)11(3,4)15-12(14-10)8-5-6-9(13)7-8;1-6-8(5-13-14-6)7-2-3-9(11)10(12)4-7/h2-7H,16H2,1H3;5-8H,1-4H3;2-5H,12H2,1H3.